The Morgan fingerprint density at radius 1 is 1.29 bits per heavy atom. The van der Waals surface area contributed by atoms with Crippen LogP contribution in [0.5, 0.6) is 5.75 Å². The van der Waals surface area contributed by atoms with Crippen molar-refractivity contribution in [3.8, 4) is 17.0 Å². The molecule has 3 aromatic rings. The van der Waals surface area contributed by atoms with Crippen molar-refractivity contribution in [2.45, 2.75) is 26.3 Å². The maximum Gasteiger partial charge on any atom is 0.187 e. The van der Waals surface area contributed by atoms with Crippen molar-refractivity contribution in [1.29, 1.82) is 0 Å². The van der Waals surface area contributed by atoms with Crippen LogP contribution in [0.3, 0.4) is 0 Å². The first-order chi connectivity index (χ1) is 13.4. The molecule has 2 aromatic heterocycles. The molecule has 28 heavy (non-hydrogen) atoms. The third kappa shape index (κ3) is 3.66. The Bertz CT molecular complexity index is 1120. The van der Waals surface area contributed by atoms with Crippen LogP contribution >= 0.6 is 11.3 Å². The fraction of sp³-hybridized carbons (Fsp3) is 0.350. The van der Waals surface area contributed by atoms with Gasteiger partial charge in [-0.25, -0.2) is 13.4 Å². The number of rotatable bonds is 5. The molecule has 1 N–H and O–H groups in total. The van der Waals surface area contributed by atoms with Crippen LogP contribution in [-0.4, -0.2) is 36.6 Å². The second kappa shape index (κ2) is 7.25. The van der Waals surface area contributed by atoms with Crippen molar-refractivity contribution in [2.75, 3.05) is 23.9 Å². The smallest absolute Gasteiger partial charge is 0.187 e. The number of thiazole rings is 1. The fourth-order valence-electron chi connectivity index (χ4n) is 3.86. The zero-order valence-electron chi connectivity index (χ0n) is 16.1. The lowest BCUT2D eigenvalue weighted by atomic mass is 10.2. The highest BCUT2D eigenvalue weighted by Crippen LogP contribution is 2.35. The third-order valence-electron chi connectivity index (χ3n) is 5.16. The van der Waals surface area contributed by atoms with Gasteiger partial charge in [-0.05, 0) is 38.5 Å². The maximum absolute atomic E-state index is 11.9. The summed E-state index contributed by atoms with van der Waals surface area (Å²) in [5.74, 6) is 1.29. The predicted octanol–water partition coefficient (Wildman–Crippen LogP) is 4.34. The van der Waals surface area contributed by atoms with Gasteiger partial charge >= 0.3 is 0 Å². The number of anilines is 2. The number of methoxy groups -OCH3 is 1. The van der Waals surface area contributed by atoms with Crippen molar-refractivity contribution in [3.05, 3.63) is 47.1 Å². The van der Waals surface area contributed by atoms with E-state index >= 15 is 0 Å². The van der Waals surface area contributed by atoms with Gasteiger partial charge in [0.1, 0.15) is 5.75 Å². The average Bonchev–Trinajstić information content (AvgIpc) is 3.33. The van der Waals surface area contributed by atoms with Gasteiger partial charge in [-0.15, -0.1) is 11.3 Å². The Labute approximate surface area is 169 Å². The van der Waals surface area contributed by atoms with Crippen LogP contribution in [0, 0.1) is 13.8 Å². The first-order valence-corrected chi connectivity index (χ1v) is 11.8. The largest absolute Gasteiger partial charge is 0.497 e. The van der Waals surface area contributed by atoms with E-state index in [0.29, 0.717) is 6.42 Å². The zero-order chi connectivity index (χ0) is 19.9. The van der Waals surface area contributed by atoms with Crippen LogP contribution < -0.4 is 10.1 Å². The third-order valence-corrected chi connectivity index (χ3v) is 7.67. The van der Waals surface area contributed by atoms with Crippen molar-refractivity contribution in [1.82, 2.24) is 9.55 Å². The Morgan fingerprint density at radius 2 is 2.11 bits per heavy atom. The predicted molar refractivity (Wildman–Crippen MR) is 114 cm³/mol. The number of ether oxygens (including phenoxy) is 1. The molecule has 0 bridgehead atoms. The minimum Gasteiger partial charge on any atom is -0.497 e. The van der Waals surface area contributed by atoms with Gasteiger partial charge in [0, 0.05) is 40.1 Å². The second-order valence-electron chi connectivity index (χ2n) is 7.11. The number of nitrogens with zero attached hydrogens (tertiary/aromatic N) is 2. The summed E-state index contributed by atoms with van der Waals surface area (Å²) < 4.78 is 31.2. The van der Waals surface area contributed by atoms with Gasteiger partial charge in [0.05, 0.1) is 24.3 Å². The molecule has 0 amide bonds. The van der Waals surface area contributed by atoms with E-state index in [1.54, 1.807) is 18.4 Å². The molecule has 1 aliphatic rings. The molecule has 1 atom stereocenters. The molecule has 8 heteroatoms. The molecule has 148 valence electrons. The quantitative estimate of drug-likeness (QED) is 0.668. The molecule has 0 spiro atoms. The number of aromatic nitrogens is 2. The summed E-state index contributed by atoms with van der Waals surface area (Å²) >= 11 is 1.54. The summed E-state index contributed by atoms with van der Waals surface area (Å²) in [7, 11) is -1.28. The van der Waals surface area contributed by atoms with E-state index in [4.69, 9.17) is 9.72 Å². The highest BCUT2D eigenvalue weighted by Gasteiger charge is 2.31. The molecule has 3 heterocycles. The van der Waals surface area contributed by atoms with Crippen LogP contribution in [-0.2, 0) is 9.84 Å². The van der Waals surface area contributed by atoms with Gasteiger partial charge in [0.2, 0.25) is 0 Å². The van der Waals surface area contributed by atoms with Crippen LogP contribution in [0.2, 0.25) is 0 Å². The molecule has 4 rings (SSSR count). The monoisotopic (exact) mass is 417 g/mol. The van der Waals surface area contributed by atoms with Gasteiger partial charge in [-0.3, -0.25) is 0 Å². The summed E-state index contributed by atoms with van der Waals surface area (Å²) in [6.45, 7) is 4.07. The zero-order valence-corrected chi connectivity index (χ0v) is 17.7. The number of benzene rings is 1. The molecule has 6 nitrogen and oxygen atoms in total. The van der Waals surface area contributed by atoms with Crippen LogP contribution in [0.25, 0.3) is 11.3 Å². The average molecular weight is 418 g/mol. The molecule has 1 aromatic carbocycles. The van der Waals surface area contributed by atoms with Crippen molar-refractivity contribution < 1.29 is 13.2 Å². The highest BCUT2D eigenvalue weighted by atomic mass is 32.2. The molecule has 1 saturated heterocycles. The fourth-order valence-corrected chi connectivity index (χ4v) is 6.29. The minimum absolute atomic E-state index is 0.0202. The lowest BCUT2D eigenvalue weighted by Gasteiger charge is -2.16. The van der Waals surface area contributed by atoms with Crippen LogP contribution in [0.4, 0.5) is 10.8 Å². The van der Waals surface area contributed by atoms with E-state index in [1.165, 1.54) is 0 Å². The van der Waals surface area contributed by atoms with E-state index in [2.05, 4.69) is 16.0 Å². The molecule has 0 saturated carbocycles. The molecule has 0 aliphatic carbocycles. The number of sulfone groups is 1. The second-order valence-corrected chi connectivity index (χ2v) is 10.2. The van der Waals surface area contributed by atoms with Crippen LogP contribution in [0.1, 0.15) is 23.9 Å². The van der Waals surface area contributed by atoms with Crippen molar-refractivity contribution in [3.63, 3.8) is 0 Å². The van der Waals surface area contributed by atoms with E-state index in [0.717, 1.165) is 39.2 Å². The minimum atomic E-state index is -2.92. The molecular formula is C20H23N3O3S2. The topological polar surface area (TPSA) is 73.2 Å². The SMILES string of the molecule is COc1cccc(Nc2nc(-c3cc(C)n([C@H]4CCS(=O)(=O)C4)c3C)cs2)c1. The van der Waals surface area contributed by atoms with Gasteiger partial charge < -0.3 is 14.6 Å². The van der Waals surface area contributed by atoms with Crippen LogP contribution in [0.15, 0.2) is 35.7 Å². The van der Waals surface area contributed by atoms with Crippen molar-refractivity contribution >= 4 is 32.0 Å². The number of aryl methyl sites for hydroxylation is 1. The summed E-state index contributed by atoms with van der Waals surface area (Å²) in [6.07, 6.45) is 0.678. The van der Waals surface area contributed by atoms with E-state index < -0.39 is 9.84 Å². The summed E-state index contributed by atoms with van der Waals surface area (Å²) in [5, 5.41) is 6.15. The Balaban J connectivity index is 1.60. The maximum atomic E-state index is 11.9. The summed E-state index contributed by atoms with van der Waals surface area (Å²) in [6, 6.07) is 9.84. The Kier molecular flexibility index (Phi) is 4.93. The number of hydrogen-bond acceptors (Lipinski definition) is 6. The highest BCUT2D eigenvalue weighted by molar-refractivity contribution is 7.91. The molecule has 1 aliphatic heterocycles. The number of nitrogens with one attached hydrogen (secondary N) is 1. The van der Waals surface area contributed by atoms with E-state index in [9.17, 15) is 8.42 Å². The van der Waals surface area contributed by atoms with Gasteiger partial charge in [-0.2, -0.15) is 0 Å². The van der Waals surface area contributed by atoms with Gasteiger partial charge in [-0.1, -0.05) is 6.07 Å². The first kappa shape index (κ1) is 19.0. The normalized spacial score (nSPS) is 18.3. The first-order valence-electron chi connectivity index (χ1n) is 9.12. The van der Waals surface area contributed by atoms with E-state index in [1.807, 2.05) is 43.5 Å². The van der Waals surface area contributed by atoms with Crippen molar-refractivity contribution in [2.24, 2.45) is 0 Å². The lowest BCUT2D eigenvalue weighted by molar-refractivity contribution is 0.415. The van der Waals surface area contributed by atoms with Gasteiger partial charge in [0.25, 0.3) is 0 Å². The Hall–Kier alpha value is -2.32. The molecular weight excluding hydrogens is 394 g/mol. The number of hydrogen-bond donors (Lipinski definition) is 1. The molecule has 0 unspecified atom stereocenters. The lowest BCUT2D eigenvalue weighted by Crippen LogP contribution is -2.13. The molecule has 0 radical (unpaired) electrons. The summed E-state index contributed by atoms with van der Waals surface area (Å²) in [4.78, 5) is 4.74. The standard InChI is InChI=1S/C20H23N3O3S2/c1-13-9-18(14(2)23(13)16-7-8-28(24,25)12-16)19-11-27-20(22-19)21-15-5-4-6-17(10-15)26-3/h4-6,9-11,16H,7-8,12H2,1-3H3,(H,21,22)/t16-/m0/s1. The van der Waals surface area contributed by atoms with Gasteiger partial charge in [0.15, 0.2) is 15.0 Å². The molecule has 1 fully saturated rings. The summed E-state index contributed by atoms with van der Waals surface area (Å²) in [5.41, 5.74) is 5.01. The Morgan fingerprint density at radius 3 is 2.82 bits per heavy atom. The van der Waals surface area contributed by atoms with E-state index in [-0.39, 0.29) is 17.5 Å².